The number of rotatable bonds is 25. The molecule has 0 amide bonds. The maximum atomic E-state index is 14.2. The molecule has 0 aromatic carbocycles. The first-order valence-corrected chi connectivity index (χ1v) is 33.9. The van der Waals surface area contributed by atoms with Crippen molar-refractivity contribution < 1.29 is 74.6 Å². The molecule has 8 N–H and O–H groups in total. The number of fused-ring (bicyclic) bond motifs is 1. The topological polar surface area (TPSA) is 388 Å². The SMILES string of the molecule is COC1C(OP(=S)(S)OCCCO)[C@@H](COP(O)(=S)OC2C[C@H](n3cc(C)c(=O)[nH]c3=O)O[C@@H]2COP(=O)(S)OC2C[C@H](n3cnc4c(=O)[nH]c(N)nc43)O[C@@H]2COP(O)(=S)OC(C)C)O[C@H]1n1ccc(=O)[nH]c1=O. The van der Waals surface area contributed by atoms with Gasteiger partial charge in [-0.15, -0.1) is 0 Å². The molecule has 7 heterocycles. The summed E-state index contributed by atoms with van der Waals surface area (Å²) >= 11 is 24.8. The number of ether oxygens (including phenoxy) is 4. The average molecular weight is 1230 g/mol. The van der Waals surface area contributed by atoms with E-state index in [1.165, 1.54) is 31.1 Å². The van der Waals surface area contributed by atoms with E-state index in [0.717, 1.165) is 21.4 Å². The molecule has 0 bridgehead atoms. The summed E-state index contributed by atoms with van der Waals surface area (Å²) in [5, 5.41) is 9.28. The number of hydrogen-bond donors (Lipinski definition) is 9. The van der Waals surface area contributed by atoms with Gasteiger partial charge in [-0.05, 0) is 62.6 Å². The van der Waals surface area contributed by atoms with Gasteiger partial charge in [-0.2, -0.15) is 4.98 Å². The maximum Gasteiger partial charge on any atom is 0.386 e. The van der Waals surface area contributed by atoms with E-state index in [1.54, 1.807) is 13.8 Å². The average Bonchev–Trinajstić information content (AvgIpc) is 4.09. The van der Waals surface area contributed by atoms with Gasteiger partial charge in [0.2, 0.25) is 11.6 Å². The molecule has 4 aromatic rings. The predicted octanol–water partition coefficient (Wildman–Crippen LogP) is 1.25. The highest BCUT2D eigenvalue weighted by Gasteiger charge is 2.51. The molecule has 75 heavy (non-hydrogen) atoms. The van der Waals surface area contributed by atoms with Gasteiger partial charge >= 0.3 is 31.6 Å². The zero-order valence-corrected chi connectivity index (χ0v) is 47.5. The summed E-state index contributed by atoms with van der Waals surface area (Å²) in [6.45, 7) is -10.1. The van der Waals surface area contributed by atoms with Gasteiger partial charge < -0.3 is 66.7 Å². The molecule has 0 aliphatic carbocycles. The Balaban J connectivity index is 1.10. The number of nitrogens with one attached hydrogen (secondary N) is 3. The Hall–Kier alpha value is -2.21. The molecule has 3 aliphatic rings. The number of nitrogens with zero attached hydrogens (tertiary/aromatic N) is 5. The third-order valence-corrected chi connectivity index (χ3v) is 18.3. The first kappa shape index (κ1) is 60.4. The van der Waals surface area contributed by atoms with Crippen LogP contribution in [0.25, 0.3) is 11.2 Å². The fourth-order valence-corrected chi connectivity index (χ4v) is 14.6. The molecular formula is C36H53N9O21P4S5. The van der Waals surface area contributed by atoms with Crippen LogP contribution in [0, 0.1) is 6.92 Å². The Labute approximate surface area is 449 Å². The fraction of sp³-hybridized carbons (Fsp3) is 0.639. The van der Waals surface area contributed by atoms with E-state index in [0.29, 0.717) is 0 Å². The zero-order chi connectivity index (χ0) is 54.8. The Morgan fingerprint density at radius 3 is 2.11 bits per heavy atom. The van der Waals surface area contributed by atoms with E-state index in [-0.39, 0.29) is 55.2 Å². The molecule has 0 saturated carbocycles. The third kappa shape index (κ3) is 15.6. The smallest absolute Gasteiger partial charge is 0.386 e. The largest absolute Gasteiger partial charge is 0.396 e. The van der Waals surface area contributed by atoms with Crippen LogP contribution in [0.15, 0.2) is 48.8 Å². The summed E-state index contributed by atoms with van der Waals surface area (Å²) in [6, 6.07) is 1.07. The number of methoxy groups -OCH3 is 1. The standard InChI is InChI=1S/C36H53N9O21P4S5/c1-17(2)63-67(52,71)57-13-22-20(11-26(61-22)45-16-38-27-30(45)40-34(37)41-32(27)49)65-68(53,72)58-14-21-19(10-25(60-21)44-12-18(3)31(48)42-36(44)51)64-69(54,73)59-15-23-28(66-70(74,75)56-9-5-8-46)29(55-4)33(62-23)43-7-6-24(47)39-35(43)50/h6-7,12,16-17,19-23,25-26,28-29,33,46H,5,8-11,13-15H2,1-4H3,(H,52,71)(H,53,72)(H,54,73)(H,74,75)(H,39,47,50)(H,42,48,51)(H3,37,40,41,49)/t19?,20?,21-,22-,23-,25-,26-,28?,29?,33-,67?,68?,69?/m1/s1. The van der Waals surface area contributed by atoms with Gasteiger partial charge in [0.25, 0.3) is 16.7 Å². The van der Waals surface area contributed by atoms with Gasteiger partial charge in [0.15, 0.2) is 17.4 Å². The zero-order valence-electron chi connectivity index (χ0n) is 39.7. The second kappa shape index (κ2) is 25.1. The molecule has 4 aromatic heterocycles. The number of thiol groups is 2. The fourth-order valence-electron chi connectivity index (χ4n) is 7.92. The van der Waals surface area contributed by atoms with Gasteiger partial charge in [0.1, 0.15) is 49.1 Å². The molecule has 30 nitrogen and oxygen atoms in total. The van der Waals surface area contributed by atoms with Crippen LogP contribution >= 0.6 is 50.4 Å². The quantitative estimate of drug-likeness (QED) is 0.0256. The predicted molar refractivity (Wildman–Crippen MR) is 281 cm³/mol. The highest BCUT2D eigenvalue weighted by molar-refractivity contribution is 8.60. The van der Waals surface area contributed by atoms with Crippen LogP contribution in [0.5, 0.6) is 0 Å². The van der Waals surface area contributed by atoms with Crippen LogP contribution in [0.3, 0.4) is 0 Å². The monoisotopic (exact) mass is 1230 g/mol. The summed E-state index contributed by atoms with van der Waals surface area (Å²) < 4.78 is 88.2. The molecular weight excluding hydrogens is 1180 g/mol. The molecule has 418 valence electrons. The Morgan fingerprint density at radius 2 is 1.45 bits per heavy atom. The van der Waals surface area contributed by atoms with Crippen molar-refractivity contribution in [3.05, 3.63) is 82.4 Å². The van der Waals surface area contributed by atoms with Crippen molar-refractivity contribution in [1.82, 2.24) is 38.6 Å². The number of aliphatic hydroxyl groups excluding tert-OH is 1. The van der Waals surface area contributed by atoms with E-state index < -0.39 is 141 Å². The van der Waals surface area contributed by atoms with Crippen molar-refractivity contribution in [3.8, 4) is 0 Å². The second-order valence-electron chi connectivity index (χ2n) is 17.0. The van der Waals surface area contributed by atoms with Crippen LogP contribution in [-0.4, -0.2) is 142 Å². The lowest BCUT2D eigenvalue weighted by molar-refractivity contribution is -0.0634. The van der Waals surface area contributed by atoms with Crippen LogP contribution in [0.2, 0.25) is 0 Å². The first-order valence-electron chi connectivity index (χ1n) is 22.3. The summed E-state index contributed by atoms with van der Waals surface area (Å²) in [6.07, 6.45) is -9.26. The number of aryl methyl sites for hydroxylation is 1. The molecule has 3 saturated heterocycles. The Morgan fingerprint density at radius 1 is 0.827 bits per heavy atom. The number of aromatic amines is 3. The van der Waals surface area contributed by atoms with Crippen molar-refractivity contribution in [2.75, 3.05) is 45.9 Å². The molecule has 3 aliphatic heterocycles. The summed E-state index contributed by atoms with van der Waals surface area (Å²) in [4.78, 5) is 100. The van der Waals surface area contributed by atoms with E-state index in [1.807, 2.05) is 0 Å². The van der Waals surface area contributed by atoms with Crippen LogP contribution in [-0.2, 0) is 95.1 Å². The Bertz CT molecular complexity index is 3200. The van der Waals surface area contributed by atoms with Crippen molar-refractivity contribution in [2.45, 2.75) is 108 Å². The number of hydrogen-bond acceptors (Lipinski definition) is 25. The van der Waals surface area contributed by atoms with E-state index >= 15 is 0 Å². The minimum absolute atomic E-state index is 0.0318. The van der Waals surface area contributed by atoms with Crippen LogP contribution < -0.4 is 33.8 Å². The third-order valence-electron chi connectivity index (χ3n) is 11.2. The maximum absolute atomic E-state index is 14.2. The minimum atomic E-state index is -4.54. The number of anilines is 1. The summed E-state index contributed by atoms with van der Waals surface area (Å²) in [5.74, 6) is -0.212. The Kier molecular flexibility index (Phi) is 20.2. The minimum Gasteiger partial charge on any atom is -0.396 e. The summed E-state index contributed by atoms with van der Waals surface area (Å²) in [5.41, 5.74) is -1.26. The lowest BCUT2D eigenvalue weighted by atomic mass is 10.1. The van der Waals surface area contributed by atoms with Crippen LogP contribution in [0.1, 0.15) is 57.4 Å². The van der Waals surface area contributed by atoms with Gasteiger partial charge in [-0.3, -0.25) is 52.1 Å². The number of nitrogen functional groups attached to an aromatic ring is 1. The van der Waals surface area contributed by atoms with Gasteiger partial charge in [0.05, 0.1) is 45.0 Å². The number of imidazole rings is 1. The molecule has 39 heteroatoms. The van der Waals surface area contributed by atoms with E-state index in [2.05, 4.69) is 49.4 Å². The number of aromatic nitrogens is 8. The van der Waals surface area contributed by atoms with Gasteiger partial charge in [-0.1, -0.05) is 24.5 Å². The van der Waals surface area contributed by atoms with Crippen molar-refractivity contribution >= 4 is 103 Å². The summed E-state index contributed by atoms with van der Waals surface area (Å²) in [7, 11) is 1.29. The lowest BCUT2D eigenvalue weighted by Crippen LogP contribution is -2.39. The molecule has 14 atom stereocenters. The van der Waals surface area contributed by atoms with Gasteiger partial charge in [0, 0.05) is 50.6 Å². The molecule has 3 fully saturated rings. The lowest BCUT2D eigenvalue weighted by Gasteiger charge is -2.29. The van der Waals surface area contributed by atoms with E-state index in [4.69, 9.17) is 96.3 Å². The molecule has 7 rings (SSSR count). The van der Waals surface area contributed by atoms with Gasteiger partial charge in [-0.25, -0.2) is 19.1 Å². The second-order valence-corrected chi connectivity index (χ2v) is 30.6. The number of H-pyrrole nitrogens is 3. The first-order chi connectivity index (χ1) is 35.2. The molecule has 8 unspecified atom stereocenters. The van der Waals surface area contributed by atoms with Crippen molar-refractivity contribution in [2.24, 2.45) is 0 Å². The van der Waals surface area contributed by atoms with Crippen molar-refractivity contribution in [3.63, 3.8) is 0 Å². The molecule has 0 spiro atoms. The van der Waals surface area contributed by atoms with E-state index in [9.17, 15) is 43.4 Å². The molecule has 0 radical (unpaired) electrons. The van der Waals surface area contributed by atoms with Crippen molar-refractivity contribution in [1.29, 1.82) is 0 Å². The number of aliphatic hydroxyl groups is 1. The van der Waals surface area contributed by atoms with Crippen LogP contribution in [0.4, 0.5) is 5.95 Å². The normalized spacial score (nSPS) is 28.3. The highest BCUT2D eigenvalue weighted by atomic mass is 32.9. The highest BCUT2D eigenvalue weighted by Crippen LogP contribution is 2.59. The number of nitrogens with two attached hydrogens (primary N) is 1.